The molecule has 1 aromatic heterocycles. The lowest BCUT2D eigenvalue weighted by Gasteiger charge is -2.14. The molecule has 0 atom stereocenters. The molecule has 14 heavy (non-hydrogen) atoms. The summed E-state index contributed by atoms with van der Waals surface area (Å²) in [6.45, 7) is 0.281. The molecule has 6 heteroatoms. The first-order valence-corrected chi connectivity index (χ1v) is 5.40. The van der Waals surface area contributed by atoms with E-state index in [-0.39, 0.29) is 12.5 Å². The first kappa shape index (κ1) is 11.4. The van der Waals surface area contributed by atoms with Crippen LogP contribution in [0.4, 0.5) is 0 Å². The molecule has 1 heterocycles. The van der Waals surface area contributed by atoms with Crippen LogP contribution in [0.2, 0.25) is 4.34 Å². The molecule has 0 aliphatic heterocycles. The first-order chi connectivity index (χ1) is 6.50. The number of rotatable bonds is 3. The second kappa shape index (κ2) is 4.72. The van der Waals surface area contributed by atoms with Crippen LogP contribution in [0.5, 0.6) is 0 Å². The minimum absolute atomic E-state index is 0.116. The highest BCUT2D eigenvalue weighted by Gasteiger charge is 2.13. The highest BCUT2D eigenvalue weighted by atomic mass is 35.5. The van der Waals surface area contributed by atoms with Gasteiger partial charge < -0.3 is 10.6 Å². The molecule has 2 N–H and O–H groups in total. The van der Waals surface area contributed by atoms with Crippen molar-refractivity contribution in [2.45, 2.75) is 0 Å². The maximum absolute atomic E-state index is 11.7. The van der Waals surface area contributed by atoms with Gasteiger partial charge in [-0.25, -0.2) is 0 Å². The van der Waals surface area contributed by atoms with Gasteiger partial charge >= 0.3 is 0 Å². The van der Waals surface area contributed by atoms with E-state index in [0.717, 1.165) is 0 Å². The van der Waals surface area contributed by atoms with Gasteiger partial charge in [-0.1, -0.05) is 23.8 Å². The third kappa shape index (κ3) is 2.94. The number of hydrogen-bond acceptors (Lipinski definition) is 3. The third-order valence-corrected chi connectivity index (χ3v) is 2.87. The fourth-order valence-electron chi connectivity index (χ4n) is 0.923. The van der Waals surface area contributed by atoms with Crippen molar-refractivity contribution >= 4 is 46.1 Å². The third-order valence-electron chi connectivity index (χ3n) is 1.52. The molecule has 0 saturated carbocycles. The van der Waals surface area contributed by atoms with E-state index in [0.29, 0.717) is 14.2 Å². The number of thiophene rings is 1. The monoisotopic (exact) mass is 248 g/mol. The Kier molecular flexibility index (Phi) is 3.86. The number of carbonyl (C=O) groups is 1. The zero-order valence-electron chi connectivity index (χ0n) is 7.49. The number of thiocarbonyl (C=S) groups is 1. The van der Waals surface area contributed by atoms with Gasteiger partial charge in [0.25, 0.3) is 5.91 Å². The van der Waals surface area contributed by atoms with Crippen molar-refractivity contribution in [3.63, 3.8) is 0 Å². The second-order valence-corrected chi connectivity index (χ2v) is 4.97. The average molecular weight is 249 g/mol. The molecule has 0 aromatic carbocycles. The van der Waals surface area contributed by atoms with E-state index < -0.39 is 0 Å². The van der Waals surface area contributed by atoms with E-state index in [1.54, 1.807) is 19.2 Å². The van der Waals surface area contributed by atoms with Gasteiger partial charge in [0, 0.05) is 7.05 Å². The summed E-state index contributed by atoms with van der Waals surface area (Å²) in [5.74, 6) is -0.116. The Morgan fingerprint density at radius 3 is 2.79 bits per heavy atom. The Morgan fingerprint density at radius 2 is 2.36 bits per heavy atom. The van der Waals surface area contributed by atoms with Gasteiger partial charge in [-0.3, -0.25) is 4.79 Å². The molecule has 0 unspecified atom stereocenters. The van der Waals surface area contributed by atoms with Gasteiger partial charge in [-0.2, -0.15) is 0 Å². The topological polar surface area (TPSA) is 46.3 Å². The summed E-state index contributed by atoms with van der Waals surface area (Å²) in [5, 5.41) is 0. The van der Waals surface area contributed by atoms with Crippen LogP contribution < -0.4 is 5.73 Å². The predicted octanol–water partition coefficient (Wildman–Crippen LogP) is 1.76. The molecule has 0 spiro atoms. The van der Waals surface area contributed by atoms with Crippen molar-refractivity contribution in [1.82, 2.24) is 4.90 Å². The van der Waals surface area contributed by atoms with Crippen molar-refractivity contribution in [2.24, 2.45) is 5.73 Å². The molecule has 1 aromatic rings. The summed E-state index contributed by atoms with van der Waals surface area (Å²) >= 11 is 11.7. The molecule has 0 aliphatic carbocycles. The van der Waals surface area contributed by atoms with Crippen molar-refractivity contribution < 1.29 is 4.79 Å². The highest BCUT2D eigenvalue weighted by molar-refractivity contribution is 7.80. The number of halogens is 1. The average Bonchev–Trinajstić information content (AvgIpc) is 2.49. The fourth-order valence-corrected chi connectivity index (χ4v) is 2.15. The Labute approximate surface area is 96.5 Å². The van der Waals surface area contributed by atoms with Crippen LogP contribution >= 0.6 is 35.2 Å². The van der Waals surface area contributed by atoms with Crippen molar-refractivity contribution in [1.29, 1.82) is 0 Å². The molecule has 1 amide bonds. The van der Waals surface area contributed by atoms with Crippen LogP contribution in [-0.2, 0) is 0 Å². The highest BCUT2D eigenvalue weighted by Crippen LogP contribution is 2.22. The van der Waals surface area contributed by atoms with E-state index >= 15 is 0 Å². The van der Waals surface area contributed by atoms with Crippen LogP contribution in [-0.4, -0.2) is 29.4 Å². The normalized spacial score (nSPS) is 9.86. The molecule has 3 nitrogen and oxygen atoms in total. The molecule has 0 aliphatic rings. The number of likely N-dealkylation sites (N-methyl/N-ethyl adjacent to an activating group) is 1. The smallest absolute Gasteiger partial charge is 0.264 e. The molecule has 76 valence electrons. The quantitative estimate of drug-likeness (QED) is 0.830. The molecule has 0 saturated heterocycles. The van der Waals surface area contributed by atoms with Gasteiger partial charge in [0.2, 0.25) is 0 Å². The van der Waals surface area contributed by atoms with Crippen molar-refractivity contribution in [3.05, 3.63) is 21.3 Å². The second-order valence-electron chi connectivity index (χ2n) is 2.73. The Morgan fingerprint density at radius 1 is 1.71 bits per heavy atom. The minimum Gasteiger partial charge on any atom is -0.392 e. The van der Waals surface area contributed by atoms with E-state index in [1.807, 2.05) is 0 Å². The largest absolute Gasteiger partial charge is 0.392 e. The van der Waals surface area contributed by atoms with E-state index in [1.165, 1.54) is 16.2 Å². The van der Waals surface area contributed by atoms with E-state index in [9.17, 15) is 4.79 Å². The van der Waals surface area contributed by atoms with Crippen LogP contribution in [0.1, 0.15) is 9.67 Å². The zero-order chi connectivity index (χ0) is 10.7. The Balaban J connectivity index is 2.70. The number of amides is 1. The molecule has 0 fully saturated rings. The lowest BCUT2D eigenvalue weighted by molar-refractivity contribution is 0.0820. The SMILES string of the molecule is CN(CC(N)=S)C(=O)c1ccc(Cl)s1. The van der Waals surface area contributed by atoms with Crippen LogP contribution in [0, 0.1) is 0 Å². The Bertz CT molecular complexity index is 364. The predicted molar refractivity (Wildman–Crippen MR) is 63.1 cm³/mol. The van der Waals surface area contributed by atoms with Gasteiger partial charge in [-0.15, -0.1) is 11.3 Å². The standard InChI is InChI=1S/C8H9ClN2OS2/c1-11(4-7(10)13)8(12)5-2-3-6(9)14-5/h2-3H,4H2,1H3,(H2,10,13). The maximum atomic E-state index is 11.7. The van der Waals surface area contributed by atoms with Gasteiger partial charge in [0.15, 0.2) is 0 Å². The van der Waals surface area contributed by atoms with Crippen LogP contribution in [0.25, 0.3) is 0 Å². The lowest BCUT2D eigenvalue weighted by Crippen LogP contribution is -2.33. The molecule has 1 rings (SSSR count). The van der Waals surface area contributed by atoms with Gasteiger partial charge in [-0.05, 0) is 12.1 Å². The number of carbonyl (C=O) groups excluding carboxylic acids is 1. The van der Waals surface area contributed by atoms with Crippen LogP contribution in [0.3, 0.4) is 0 Å². The first-order valence-electron chi connectivity index (χ1n) is 3.80. The fraction of sp³-hybridized carbons (Fsp3) is 0.250. The van der Waals surface area contributed by atoms with Crippen LogP contribution in [0.15, 0.2) is 12.1 Å². The summed E-state index contributed by atoms with van der Waals surface area (Å²) in [4.78, 5) is 14.0. The lowest BCUT2D eigenvalue weighted by atomic mass is 10.4. The number of nitrogens with two attached hydrogens (primary N) is 1. The summed E-state index contributed by atoms with van der Waals surface area (Å²) in [6, 6.07) is 3.37. The summed E-state index contributed by atoms with van der Waals surface area (Å²) in [7, 11) is 1.65. The number of nitrogens with zero attached hydrogens (tertiary/aromatic N) is 1. The minimum atomic E-state index is -0.116. The molecular weight excluding hydrogens is 240 g/mol. The summed E-state index contributed by atoms with van der Waals surface area (Å²) in [5.41, 5.74) is 5.33. The summed E-state index contributed by atoms with van der Waals surface area (Å²) < 4.78 is 0.595. The molecular formula is C8H9ClN2OS2. The molecule has 0 radical (unpaired) electrons. The van der Waals surface area contributed by atoms with Crippen molar-refractivity contribution in [2.75, 3.05) is 13.6 Å². The zero-order valence-corrected chi connectivity index (χ0v) is 9.88. The van der Waals surface area contributed by atoms with Gasteiger partial charge in [0.05, 0.1) is 20.7 Å². The van der Waals surface area contributed by atoms with Crippen molar-refractivity contribution in [3.8, 4) is 0 Å². The Hall–Kier alpha value is -0.650. The van der Waals surface area contributed by atoms with Gasteiger partial charge in [0.1, 0.15) is 0 Å². The maximum Gasteiger partial charge on any atom is 0.264 e. The van der Waals surface area contributed by atoms with E-state index in [2.05, 4.69) is 0 Å². The van der Waals surface area contributed by atoms with E-state index in [4.69, 9.17) is 29.6 Å². The molecule has 0 bridgehead atoms. The summed E-state index contributed by atoms with van der Waals surface area (Å²) in [6.07, 6.45) is 0. The number of hydrogen-bond donors (Lipinski definition) is 1.